The van der Waals surface area contributed by atoms with Crippen molar-refractivity contribution in [2.24, 2.45) is 0 Å². The standard InChI is InChI=1S/C15H21BrN2O4/c1-20-13-6-10(5-12(16)15(13)21-2)8-18-14(19)7-11-9-22-4-3-17-11/h5-6,11,17H,3-4,7-9H2,1-2H3,(H,18,19). The molecular weight excluding hydrogens is 352 g/mol. The van der Waals surface area contributed by atoms with Crippen molar-refractivity contribution in [2.45, 2.75) is 19.0 Å². The molecule has 1 unspecified atom stereocenters. The molecule has 22 heavy (non-hydrogen) atoms. The van der Waals surface area contributed by atoms with Crippen molar-refractivity contribution >= 4 is 21.8 Å². The lowest BCUT2D eigenvalue weighted by Gasteiger charge is -2.23. The molecule has 2 N–H and O–H groups in total. The van der Waals surface area contributed by atoms with E-state index in [1.165, 1.54) is 0 Å². The summed E-state index contributed by atoms with van der Waals surface area (Å²) in [5.41, 5.74) is 0.936. The summed E-state index contributed by atoms with van der Waals surface area (Å²) in [7, 11) is 3.17. The van der Waals surface area contributed by atoms with E-state index in [0.717, 1.165) is 16.6 Å². The molecular formula is C15H21BrN2O4. The van der Waals surface area contributed by atoms with Gasteiger partial charge in [-0.3, -0.25) is 4.79 Å². The van der Waals surface area contributed by atoms with Gasteiger partial charge in [-0.25, -0.2) is 0 Å². The average Bonchev–Trinajstić information content (AvgIpc) is 2.53. The van der Waals surface area contributed by atoms with Crippen molar-refractivity contribution in [1.82, 2.24) is 10.6 Å². The van der Waals surface area contributed by atoms with Crippen LogP contribution in [0.1, 0.15) is 12.0 Å². The molecule has 0 bridgehead atoms. The molecule has 1 aromatic rings. The fraction of sp³-hybridized carbons (Fsp3) is 0.533. The van der Waals surface area contributed by atoms with Gasteiger partial charge in [-0.1, -0.05) is 0 Å². The Morgan fingerprint density at radius 2 is 2.27 bits per heavy atom. The van der Waals surface area contributed by atoms with Crippen molar-refractivity contribution in [1.29, 1.82) is 0 Å². The highest BCUT2D eigenvalue weighted by atomic mass is 79.9. The third kappa shape index (κ3) is 4.59. The van der Waals surface area contributed by atoms with Crippen molar-refractivity contribution in [2.75, 3.05) is 34.0 Å². The molecule has 122 valence electrons. The summed E-state index contributed by atoms with van der Waals surface area (Å²) < 4.78 is 16.7. The number of carbonyl (C=O) groups excluding carboxylic acids is 1. The maximum absolute atomic E-state index is 12.0. The predicted octanol–water partition coefficient (Wildman–Crippen LogP) is 1.46. The van der Waals surface area contributed by atoms with E-state index in [9.17, 15) is 4.79 Å². The zero-order valence-corrected chi connectivity index (χ0v) is 14.4. The number of carbonyl (C=O) groups is 1. The Labute approximate surface area is 138 Å². The molecule has 6 nitrogen and oxygen atoms in total. The molecule has 1 saturated heterocycles. The maximum Gasteiger partial charge on any atom is 0.221 e. The third-order valence-corrected chi connectivity index (χ3v) is 4.00. The van der Waals surface area contributed by atoms with E-state index >= 15 is 0 Å². The number of benzene rings is 1. The second-order valence-corrected chi connectivity index (χ2v) is 5.87. The van der Waals surface area contributed by atoms with Gasteiger partial charge in [0.1, 0.15) is 0 Å². The summed E-state index contributed by atoms with van der Waals surface area (Å²) in [5.74, 6) is 1.26. The van der Waals surface area contributed by atoms with Gasteiger partial charge in [0.15, 0.2) is 11.5 Å². The second kappa shape index (κ2) is 8.36. The van der Waals surface area contributed by atoms with Gasteiger partial charge in [0, 0.05) is 25.6 Å². The van der Waals surface area contributed by atoms with Gasteiger partial charge in [-0.05, 0) is 33.6 Å². The van der Waals surface area contributed by atoms with E-state index in [2.05, 4.69) is 26.6 Å². The number of ether oxygens (including phenoxy) is 3. The molecule has 1 heterocycles. The first-order chi connectivity index (χ1) is 10.6. The van der Waals surface area contributed by atoms with E-state index in [1.807, 2.05) is 12.1 Å². The molecule has 0 saturated carbocycles. The van der Waals surface area contributed by atoms with Crippen molar-refractivity contribution in [3.05, 3.63) is 22.2 Å². The van der Waals surface area contributed by atoms with Gasteiger partial charge in [0.2, 0.25) is 5.91 Å². The van der Waals surface area contributed by atoms with Crippen LogP contribution in [0.15, 0.2) is 16.6 Å². The molecule has 7 heteroatoms. The molecule has 1 aromatic carbocycles. The highest BCUT2D eigenvalue weighted by Gasteiger charge is 2.17. The number of rotatable bonds is 6. The lowest BCUT2D eigenvalue weighted by Crippen LogP contribution is -2.44. The number of amides is 1. The molecule has 0 aliphatic carbocycles. The number of hydrogen-bond acceptors (Lipinski definition) is 5. The van der Waals surface area contributed by atoms with E-state index in [0.29, 0.717) is 37.7 Å². The smallest absolute Gasteiger partial charge is 0.221 e. The summed E-state index contributed by atoms with van der Waals surface area (Å²) in [6.07, 6.45) is 0.411. The van der Waals surface area contributed by atoms with Gasteiger partial charge < -0.3 is 24.8 Å². The van der Waals surface area contributed by atoms with Crippen LogP contribution in [0.25, 0.3) is 0 Å². The van der Waals surface area contributed by atoms with Crippen LogP contribution in [0, 0.1) is 0 Å². The normalized spacial score (nSPS) is 17.9. The van der Waals surface area contributed by atoms with Crippen LogP contribution in [0.3, 0.4) is 0 Å². The Morgan fingerprint density at radius 1 is 1.45 bits per heavy atom. The minimum absolute atomic E-state index is 0.00564. The lowest BCUT2D eigenvalue weighted by molar-refractivity contribution is -0.122. The molecule has 1 atom stereocenters. The Kier molecular flexibility index (Phi) is 6.48. The first-order valence-electron chi connectivity index (χ1n) is 7.12. The minimum atomic E-state index is -0.00564. The zero-order chi connectivity index (χ0) is 15.9. The molecule has 1 aliphatic heterocycles. The fourth-order valence-corrected chi connectivity index (χ4v) is 2.97. The largest absolute Gasteiger partial charge is 0.493 e. The van der Waals surface area contributed by atoms with Gasteiger partial charge in [0.25, 0.3) is 0 Å². The van der Waals surface area contributed by atoms with E-state index in [1.54, 1.807) is 14.2 Å². The Balaban J connectivity index is 1.90. The summed E-state index contributed by atoms with van der Waals surface area (Å²) in [6.45, 7) is 2.51. The topological polar surface area (TPSA) is 68.8 Å². The first-order valence-corrected chi connectivity index (χ1v) is 7.91. The van der Waals surface area contributed by atoms with E-state index in [-0.39, 0.29) is 11.9 Å². The summed E-state index contributed by atoms with van der Waals surface area (Å²) >= 11 is 3.44. The van der Waals surface area contributed by atoms with Gasteiger partial charge in [-0.2, -0.15) is 0 Å². The van der Waals surface area contributed by atoms with E-state index < -0.39 is 0 Å². The molecule has 1 aliphatic rings. The highest BCUT2D eigenvalue weighted by Crippen LogP contribution is 2.36. The van der Waals surface area contributed by atoms with Crippen LogP contribution >= 0.6 is 15.9 Å². The quantitative estimate of drug-likeness (QED) is 0.790. The molecule has 0 aromatic heterocycles. The molecule has 0 radical (unpaired) electrons. The van der Waals surface area contributed by atoms with Crippen LogP contribution in [0.5, 0.6) is 11.5 Å². The third-order valence-electron chi connectivity index (χ3n) is 3.41. The van der Waals surface area contributed by atoms with E-state index in [4.69, 9.17) is 14.2 Å². The molecule has 0 spiro atoms. The number of morpholine rings is 1. The molecule has 1 fully saturated rings. The zero-order valence-electron chi connectivity index (χ0n) is 12.8. The van der Waals surface area contributed by atoms with Crippen molar-refractivity contribution in [3.63, 3.8) is 0 Å². The van der Waals surface area contributed by atoms with Gasteiger partial charge in [-0.15, -0.1) is 0 Å². The van der Waals surface area contributed by atoms with Crippen LogP contribution < -0.4 is 20.1 Å². The minimum Gasteiger partial charge on any atom is -0.493 e. The monoisotopic (exact) mass is 372 g/mol. The van der Waals surface area contributed by atoms with Gasteiger partial charge in [0.05, 0.1) is 31.9 Å². The summed E-state index contributed by atoms with van der Waals surface area (Å²) in [6, 6.07) is 3.85. The lowest BCUT2D eigenvalue weighted by atomic mass is 10.1. The maximum atomic E-state index is 12.0. The van der Waals surface area contributed by atoms with Crippen LogP contribution in [0.2, 0.25) is 0 Å². The Bertz CT molecular complexity index is 519. The Hall–Kier alpha value is -1.31. The molecule has 1 amide bonds. The highest BCUT2D eigenvalue weighted by molar-refractivity contribution is 9.10. The van der Waals surface area contributed by atoms with Gasteiger partial charge >= 0.3 is 0 Å². The number of nitrogens with one attached hydrogen (secondary N) is 2. The predicted molar refractivity (Wildman–Crippen MR) is 86.3 cm³/mol. The Morgan fingerprint density at radius 3 is 2.91 bits per heavy atom. The molecule has 2 rings (SSSR count). The summed E-state index contributed by atoms with van der Waals surface area (Å²) in [5, 5.41) is 6.17. The number of methoxy groups -OCH3 is 2. The second-order valence-electron chi connectivity index (χ2n) is 5.02. The SMILES string of the molecule is COc1cc(CNC(=O)CC2COCCN2)cc(Br)c1OC. The van der Waals surface area contributed by atoms with Crippen LogP contribution in [-0.2, 0) is 16.1 Å². The summed E-state index contributed by atoms with van der Waals surface area (Å²) in [4.78, 5) is 12.0. The fourth-order valence-electron chi connectivity index (χ4n) is 2.32. The average molecular weight is 373 g/mol. The number of halogens is 1. The van der Waals surface area contributed by atoms with Crippen molar-refractivity contribution < 1.29 is 19.0 Å². The van der Waals surface area contributed by atoms with Crippen LogP contribution in [0.4, 0.5) is 0 Å². The van der Waals surface area contributed by atoms with Crippen molar-refractivity contribution in [3.8, 4) is 11.5 Å². The van der Waals surface area contributed by atoms with Crippen LogP contribution in [-0.4, -0.2) is 45.9 Å². The first kappa shape index (κ1) is 17.1. The number of hydrogen-bond donors (Lipinski definition) is 2.